The topological polar surface area (TPSA) is 34.1 Å². The van der Waals surface area contributed by atoms with Gasteiger partial charge in [-0.05, 0) is 12.2 Å². The van der Waals surface area contributed by atoms with Gasteiger partial charge in [0.25, 0.3) is 0 Å². The number of halogens is 6. The zero-order chi connectivity index (χ0) is 13.2. The molecule has 0 fully saturated rings. The van der Waals surface area contributed by atoms with Crippen LogP contribution in [0.1, 0.15) is 0 Å². The van der Waals surface area contributed by atoms with Crippen LogP contribution in [0.5, 0.6) is 0 Å². The molecule has 0 heterocycles. The SMILES string of the molecule is O=C/C=C/C(F)(F)F.O=C/C=C/C(F)(F)F. The maximum absolute atomic E-state index is 11.0. The van der Waals surface area contributed by atoms with Gasteiger partial charge in [0, 0.05) is 12.2 Å². The van der Waals surface area contributed by atoms with E-state index in [-0.39, 0.29) is 24.7 Å². The van der Waals surface area contributed by atoms with Crippen molar-refractivity contribution in [2.75, 3.05) is 0 Å². The fourth-order valence-electron chi connectivity index (χ4n) is 0.297. The largest absolute Gasteiger partial charge is 0.409 e. The molecule has 0 unspecified atom stereocenters. The van der Waals surface area contributed by atoms with Gasteiger partial charge in [-0.1, -0.05) is 0 Å². The normalized spacial score (nSPS) is 12.4. The van der Waals surface area contributed by atoms with Gasteiger partial charge in [-0.2, -0.15) is 26.3 Å². The van der Waals surface area contributed by atoms with Crippen LogP contribution in [0.4, 0.5) is 26.3 Å². The summed E-state index contributed by atoms with van der Waals surface area (Å²) in [5.74, 6) is 0. The molecule has 0 bridgehead atoms. The van der Waals surface area contributed by atoms with Gasteiger partial charge < -0.3 is 0 Å². The van der Waals surface area contributed by atoms with E-state index in [9.17, 15) is 35.9 Å². The second-order valence-electron chi connectivity index (χ2n) is 2.07. The van der Waals surface area contributed by atoms with Crippen molar-refractivity contribution in [2.45, 2.75) is 12.4 Å². The zero-order valence-electron chi connectivity index (χ0n) is 7.55. The Balaban J connectivity index is 0. The van der Waals surface area contributed by atoms with E-state index in [1.54, 1.807) is 0 Å². The van der Waals surface area contributed by atoms with Gasteiger partial charge in [-0.25, -0.2) is 0 Å². The van der Waals surface area contributed by atoms with Crippen molar-refractivity contribution in [3.63, 3.8) is 0 Å². The van der Waals surface area contributed by atoms with Crippen LogP contribution in [0.2, 0.25) is 0 Å². The lowest BCUT2D eigenvalue weighted by Crippen LogP contribution is -2.00. The lowest BCUT2D eigenvalue weighted by atomic mass is 10.5. The second kappa shape index (κ2) is 7.66. The number of hydrogen-bond acceptors (Lipinski definition) is 2. The highest BCUT2D eigenvalue weighted by atomic mass is 19.4. The quantitative estimate of drug-likeness (QED) is 0.427. The summed E-state index contributed by atoms with van der Waals surface area (Å²) in [6.45, 7) is 0. The minimum atomic E-state index is -4.36. The molecule has 0 aliphatic heterocycles. The summed E-state index contributed by atoms with van der Waals surface area (Å²) in [6, 6.07) is 0. The van der Waals surface area contributed by atoms with Crippen molar-refractivity contribution in [1.82, 2.24) is 0 Å². The molecule has 0 aromatic carbocycles. The van der Waals surface area contributed by atoms with E-state index in [0.29, 0.717) is 12.2 Å². The lowest BCUT2D eigenvalue weighted by Gasteiger charge is -1.93. The smallest absolute Gasteiger partial charge is 0.299 e. The molecule has 8 heteroatoms. The summed E-state index contributed by atoms with van der Waals surface area (Å²) in [4.78, 5) is 18.5. The number of aldehydes is 2. The standard InChI is InChI=1S/2C4H3F3O/c2*5-4(6,7)2-1-3-8/h2*1-3H/b2*2-1+. The van der Waals surface area contributed by atoms with Crippen molar-refractivity contribution in [1.29, 1.82) is 0 Å². The van der Waals surface area contributed by atoms with E-state index in [2.05, 4.69) is 0 Å². The Morgan fingerprint density at radius 1 is 0.625 bits per heavy atom. The van der Waals surface area contributed by atoms with Crippen LogP contribution in [0, 0.1) is 0 Å². The van der Waals surface area contributed by atoms with E-state index in [0.717, 1.165) is 0 Å². The van der Waals surface area contributed by atoms with Gasteiger partial charge in [0.05, 0.1) is 0 Å². The van der Waals surface area contributed by atoms with Gasteiger partial charge in [0.1, 0.15) is 12.6 Å². The summed E-state index contributed by atoms with van der Waals surface area (Å²) in [7, 11) is 0. The zero-order valence-corrected chi connectivity index (χ0v) is 7.55. The van der Waals surface area contributed by atoms with Crippen molar-refractivity contribution >= 4 is 12.6 Å². The maximum atomic E-state index is 11.0. The predicted molar refractivity (Wildman–Crippen MR) is 42.5 cm³/mol. The third kappa shape index (κ3) is 22.8. The van der Waals surface area contributed by atoms with Crippen molar-refractivity contribution < 1.29 is 35.9 Å². The number of alkyl halides is 6. The van der Waals surface area contributed by atoms with Crippen LogP contribution >= 0.6 is 0 Å². The Labute approximate surface area is 86.2 Å². The van der Waals surface area contributed by atoms with Crippen LogP contribution in [0.15, 0.2) is 24.3 Å². The Kier molecular flexibility index (Phi) is 8.05. The highest BCUT2D eigenvalue weighted by Crippen LogP contribution is 2.15. The molecular weight excluding hydrogens is 242 g/mol. The van der Waals surface area contributed by atoms with Crippen molar-refractivity contribution in [3.8, 4) is 0 Å². The Hall–Kier alpha value is -1.60. The first kappa shape index (κ1) is 16.8. The van der Waals surface area contributed by atoms with Gasteiger partial charge in [0.2, 0.25) is 0 Å². The van der Waals surface area contributed by atoms with Crippen LogP contribution < -0.4 is 0 Å². The predicted octanol–water partition coefficient (Wildman–Crippen LogP) is 2.61. The van der Waals surface area contributed by atoms with Crippen molar-refractivity contribution in [2.24, 2.45) is 0 Å². The first-order valence-electron chi connectivity index (χ1n) is 3.52. The van der Waals surface area contributed by atoms with Crippen LogP contribution in [0.25, 0.3) is 0 Å². The van der Waals surface area contributed by atoms with Crippen LogP contribution in [-0.4, -0.2) is 24.9 Å². The third-order valence-corrected chi connectivity index (χ3v) is 0.728. The average Bonchev–Trinajstić information content (AvgIpc) is 2.10. The summed E-state index contributed by atoms with van der Waals surface area (Å²) < 4.78 is 66.0. The molecule has 0 radical (unpaired) electrons. The Bertz CT molecular complexity index is 233. The minimum absolute atomic E-state index is 0.0769. The lowest BCUT2D eigenvalue weighted by molar-refractivity contribution is -0.105. The molecule has 16 heavy (non-hydrogen) atoms. The first-order valence-corrected chi connectivity index (χ1v) is 3.52. The van der Waals surface area contributed by atoms with E-state index < -0.39 is 12.4 Å². The molecule has 2 nitrogen and oxygen atoms in total. The number of allylic oxidation sites excluding steroid dienone is 4. The monoisotopic (exact) mass is 248 g/mol. The van der Waals surface area contributed by atoms with Gasteiger partial charge >= 0.3 is 12.4 Å². The first-order chi connectivity index (χ1) is 7.12. The van der Waals surface area contributed by atoms with E-state index in [1.165, 1.54) is 0 Å². The molecule has 0 rings (SSSR count). The highest BCUT2D eigenvalue weighted by Gasteiger charge is 2.21. The molecule has 0 aromatic heterocycles. The van der Waals surface area contributed by atoms with Crippen LogP contribution in [0.3, 0.4) is 0 Å². The fourth-order valence-corrected chi connectivity index (χ4v) is 0.297. The summed E-state index contributed by atoms with van der Waals surface area (Å²) in [6.07, 6.45) is -8.01. The Morgan fingerprint density at radius 2 is 0.875 bits per heavy atom. The van der Waals surface area contributed by atoms with Crippen molar-refractivity contribution in [3.05, 3.63) is 24.3 Å². The molecular formula is C8H6F6O2. The molecule has 0 atom stereocenters. The minimum Gasteiger partial charge on any atom is -0.299 e. The third-order valence-electron chi connectivity index (χ3n) is 0.728. The highest BCUT2D eigenvalue weighted by molar-refractivity contribution is 5.65. The summed E-state index contributed by atoms with van der Waals surface area (Å²) in [5, 5.41) is 0. The van der Waals surface area contributed by atoms with Crippen LogP contribution in [-0.2, 0) is 9.59 Å². The molecule has 0 saturated heterocycles. The number of rotatable bonds is 2. The van der Waals surface area contributed by atoms with Gasteiger partial charge in [0.15, 0.2) is 0 Å². The van der Waals surface area contributed by atoms with Gasteiger partial charge in [-0.3, -0.25) is 9.59 Å². The maximum Gasteiger partial charge on any atom is 0.409 e. The van der Waals surface area contributed by atoms with E-state index in [4.69, 9.17) is 0 Å². The molecule has 0 aliphatic rings. The molecule has 0 N–H and O–H groups in total. The molecule has 0 aliphatic carbocycles. The second-order valence-corrected chi connectivity index (χ2v) is 2.07. The Morgan fingerprint density at radius 3 is 0.938 bits per heavy atom. The van der Waals surface area contributed by atoms with E-state index >= 15 is 0 Å². The average molecular weight is 248 g/mol. The molecule has 0 amide bonds. The molecule has 0 aromatic rings. The van der Waals surface area contributed by atoms with Gasteiger partial charge in [-0.15, -0.1) is 0 Å². The number of carbonyl (C=O) groups is 2. The fraction of sp³-hybridized carbons (Fsp3) is 0.250. The summed E-state index contributed by atoms with van der Waals surface area (Å²) in [5.41, 5.74) is 0. The number of hydrogen-bond donors (Lipinski definition) is 0. The van der Waals surface area contributed by atoms with E-state index in [1.807, 2.05) is 0 Å². The molecule has 0 spiro atoms. The molecule has 0 saturated carbocycles. The number of carbonyl (C=O) groups excluding carboxylic acids is 2. The summed E-state index contributed by atoms with van der Waals surface area (Å²) >= 11 is 0. The molecule has 92 valence electrons.